The minimum atomic E-state index is 0.738. The molecular formula is C17H32O. The molecule has 106 valence electrons. The summed E-state index contributed by atoms with van der Waals surface area (Å²) >= 11 is 0. The van der Waals surface area contributed by atoms with Crippen LogP contribution in [0.15, 0.2) is 12.2 Å². The first-order valence-corrected chi connectivity index (χ1v) is 8.00. The lowest BCUT2D eigenvalue weighted by Crippen LogP contribution is -1.79. The molecule has 0 unspecified atom stereocenters. The van der Waals surface area contributed by atoms with Gasteiger partial charge in [0.2, 0.25) is 0 Å². The molecule has 1 nitrogen and oxygen atoms in total. The number of carbonyl (C=O) groups excluding carboxylic acids is 1. The average Bonchev–Trinajstić information content (AvgIpc) is 2.39. The number of hydrogen-bond donors (Lipinski definition) is 0. The second kappa shape index (κ2) is 16.4. The third kappa shape index (κ3) is 15.4. The maximum Gasteiger partial charge on any atom is 0.119 e. The van der Waals surface area contributed by atoms with Crippen LogP contribution in [0.25, 0.3) is 0 Å². The third-order valence-electron chi connectivity index (χ3n) is 3.33. The average molecular weight is 252 g/mol. The van der Waals surface area contributed by atoms with Crippen LogP contribution in [0.1, 0.15) is 90.4 Å². The first kappa shape index (κ1) is 17.4. The normalized spacial score (nSPS) is 11.2. The van der Waals surface area contributed by atoms with Gasteiger partial charge in [-0.05, 0) is 32.1 Å². The lowest BCUT2D eigenvalue weighted by Gasteiger charge is -1.99. The van der Waals surface area contributed by atoms with Crippen molar-refractivity contribution in [2.24, 2.45) is 0 Å². The van der Waals surface area contributed by atoms with Crippen molar-refractivity contribution in [3.05, 3.63) is 12.2 Å². The molecule has 18 heavy (non-hydrogen) atoms. The van der Waals surface area contributed by atoms with Gasteiger partial charge in [0.1, 0.15) is 6.29 Å². The molecule has 0 radical (unpaired) electrons. The van der Waals surface area contributed by atoms with Gasteiger partial charge in [-0.3, -0.25) is 0 Å². The molecule has 0 aliphatic rings. The van der Waals surface area contributed by atoms with Gasteiger partial charge in [0, 0.05) is 6.42 Å². The van der Waals surface area contributed by atoms with Gasteiger partial charge in [0.25, 0.3) is 0 Å². The Morgan fingerprint density at radius 3 is 1.61 bits per heavy atom. The summed E-state index contributed by atoms with van der Waals surface area (Å²) < 4.78 is 0. The molecule has 1 heteroatoms. The molecule has 0 rings (SSSR count). The molecule has 0 atom stereocenters. The van der Waals surface area contributed by atoms with E-state index in [2.05, 4.69) is 19.1 Å². The highest BCUT2D eigenvalue weighted by Crippen LogP contribution is 2.09. The summed E-state index contributed by atoms with van der Waals surface area (Å²) in [7, 11) is 0. The fourth-order valence-electron chi connectivity index (χ4n) is 2.12. The number of hydrogen-bond acceptors (Lipinski definition) is 1. The molecule has 0 aromatic heterocycles. The van der Waals surface area contributed by atoms with E-state index in [0.717, 1.165) is 19.1 Å². The molecule has 0 heterocycles. The summed E-state index contributed by atoms with van der Waals surface area (Å²) in [6.45, 7) is 2.27. The smallest absolute Gasteiger partial charge is 0.119 e. The number of allylic oxidation sites excluding steroid dienone is 2. The maximum atomic E-state index is 10.1. The van der Waals surface area contributed by atoms with E-state index in [1.54, 1.807) is 0 Å². The van der Waals surface area contributed by atoms with Crippen molar-refractivity contribution < 1.29 is 4.79 Å². The lowest BCUT2D eigenvalue weighted by atomic mass is 10.1. The summed E-state index contributed by atoms with van der Waals surface area (Å²) in [5, 5.41) is 0. The molecule has 0 aromatic rings. The topological polar surface area (TPSA) is 17.1 Å². The summed E-state index contributed by atoms with van der Waals surface area (Å²) in [5.41, 5.74) is 0. The zero-order chi connectivity index (χ0) is 13.3. The van der Waals surface area contributed by atoms with Crippen molar-refractivity contribution in [2.75, 3.05) is 0 Å². The van der Waals surface area contributed by atoms with E-state index in [1.807, 2.05) is 0 Å². The lowest BCUT2D eigenvalue weighted by molar-refractivity contribution is -0.107. The van der Waals surface area contributed by atoms with Crippen LogP contribution in [0.2, 0.25) is 0 Å². The minimum Gasteiger partial charge on any atom is -0.303 e. The maximum absolute atomic E-state index is 10.1. The second-order valence-electron chi connectivity index (χ2n) is 5.19. The quantitative estimate of drug-likeness (QED) is 0.216. The van der Waals surface area contributed by atoms with Crippen molar-refractivity contribution in [1.82, 2.24) is 0 Å². The van der Waals surface area contributed by atoms with E-state index in [-0.39, 0.29) is 0 Å². The molecule has 0 spiro atoms. The van der Waals surface area contributed by atoms with Gasteiger partial charge in [0.05, 0.1) is 0 Å². The van der Waals surface area contributed by atoms with E-state index >= 15 is 0 Å². The summed E-state index contributed by atoms with van der Waals surface area (Å²) in [6, 6.07) is 0. The molecule has 0 amide bonds. The predicted octanol–water partition coefficient (Wildman–Crippen LogP) is 5.83. The zero-order valence-corrected chi connectivity index (χ0v) is 12.3. The van der Waals surface area contributed by atoms with E-state index in [1.165, 1.54) is 70.6 Å². The highest BCUT2D eigenvalue weighted by atomic mass is 16.1. The summed E-state index contributed by atoms with van der Waals surface area (Å²) in [5.74, 6) is 0. The Labute approximate surface area is 114 Å². The van der Waals surface area contributed by atoms with Gasteiger partial charge in [-0.1, -0.05) is 64.0 Å². The second-order valence-corrected chi connectivity index (χ2v) is 5.19. The van der Waals surface area contributed by atoms with Crippen molar-refractivity contribution in [1.29, 1.82) is 0 Å². The standard InChI is InChI=1S/C17H32O/c1-2-3-4-5-6-7-8-9-10-11-12-13-14-15-16-17-18/h10-11,17H,2-9,12-16H2,1H3/b11-10+. The Kier molecular flexibility index (Phi) is 15.9. The van der Waals surface area contributed by atoms with E-state index < -0.39 is 0 Å². The van der Waals surface area contributed by atoms with Crippen LogP contribution < -0.4 is 0 Å². The first-order chi connectivity index (χ1) is 8.91. The van der Waals surface area contributed by atoms with Crippen LogP contribution in [0.5, 0.6) is 0 Å². The monoisotopic (exact) mass is 252 g/mol. The van der Waals surface area contributed by atoms with E-state index in [9.17, 15) is 4.79 Å². The summed E-state index contributed by atoms with van der Waals surface area (Å²) in [6.07, 6.45) is 22.1. The van der Waals surface area contributed by atoms with Crippen LogP contribution in [0, 0.1) is 0 Å². The first-order valence-electron chi connectivity index (χ1n) is 8.00. The van der Waals surface area contributed by atoms with E-state index in [0.29, 0.717) is 0 Å². The van der Waals surface area contributed by atoms with Crippen LogP contribution >= 0.6 is 0 Å². The van der Waals surface area contributed by atoms with Gasteiger partial charge >= 0.3 is 0 Å². The number of aldehydes is 1. The molecule has 0 saturated carbocycles. The molecular weight excluding hydrogens is 220 g/mol. The third-order valence-corrected chi connectivity index (χ3v) is 3.33. The Morgan fingerprint density at radius 1 is 0.611 bits per heavy atom. The number of unbranched alkanes of at least 4 members (excludes halogenated alkanes) is 11. The van der Waals surface area contributed by atoms with Gasteiger partial charge in [-0.2, -0.15) is 0 Å². The van der Waals surface area contributed by atoms with E-state index in [4.69, 9.17) is 0 Å². The minimum absolute atomic E-state index is 0.738. The van der Waals surface area contributed by atoms with Gasteiger partial charge < -0.3 is 4.79 Å². The molecule has 0 saturated heterocycles. The molecule has 0 N–H and O–H groups in total. The van der Waals surface area contributed by atoms with Crippen LogP contribution in [-0.4, -0.2) is 6.29 Å². The van der Waals surface area contributed by atoms with Gasteiger partial charge in [-0.15, -0.1) is 0 Å². The Hall–Kier alpha value is -0.590. The molecule has 0 aliphatic heterocycles. The molecule has 0 fully saturated rings. The van der Waals surface area contributed by atoms with Gasteiger partial charge in [-0.25, -0.2) is 0 Å². The SMILES string of the molecule is CCCCCCCCC/C=C/CCCCCC=O. The molecule has 0 aliphatic carbocycles. The van der Waals surface area contributed by atoms with Crippen molar-refractivity contribution in [3.63, 3.8) is 0 Å². The van der Waals surface area contributed by atoms with Crippen molar-refractivity contribution in [2.45, 2.75) is 90.4 Å². The van der Waals surface area contributed by atoms with Crippen molar-refractivity contribution >= 4 is 6.29 Å². The number of rotatable bonds is 14. The van der Waals surface area contributed by atoms with Crippen LogP contribution in [0.3, 0.4) is 0 Å². The highest BCUT2D eigenvalue weighted by Gasteiger charge is 1.89. The fourth-order valence-corrected chi connectivity index (χ4v) is 2.12. The predicted molar refractivity (Wildman–Crippen MR) is 80.9 cm³/mol. The molecule has 0 aromatic carbocycles. The fraction of sp³-hybridized carbons (Fsp3) is 0.824. The summed E-state index contributed by atoms with van der Waals surface area (Å²) in [4.78, 5) is 10.1. The van der Waals surface area contributed by atoms with Crippen molar-refractivity contribution in [3.8, 4) is 0 Å². The van der Waals surface area contributed by atoms with Crippen LogP contribution in [-0.2, 0) is 4.79 Å². The highest BCUT2D eigenvalue weighted by molar-refractivity contribution is 5.48. The molecule has 0 bridgehead atoms. The Bertz CT molecular complexity index is 184. The Balaban J connectivity index is 3.02. The zero-order valence-electron chi connectivity index (χ0n) is 12.3. The number of carbonyl (C=O) groups is 1. The van der Waals surface area contributed by atoms with Gasteiger partial charge in [0.15, 0.2) is 0 Å². The Morgan fingerprint density at radius 2 is 1.06 bits per heavy atom. The largest absolute Gasteiger partial charge is 0.303 e. The van der Waals surface area contributed by atoms with Crippen LogP contribution in [0.4, 0.5) is 0 Å².